The van der Waals surface area contributed by atoms with Gasteiger partial charge in [-0.05, 0) is 58.7 Å². The molecule has 2 atom stereocenters. The van der Waals surface area contributed by atoms with E-state index < -0.39 is 41.4 Å². The zero-order valence-electron chi connectivity index (χ0n) is 14.8. The quantitative estimate of drug-likeness (QED) is 0.770. The SMILES string of the molecule is CCOC(=O)[C@H]1CC[C@@H](c2cc(F)ccc2F)N1C(=O)OC(C)(C)C. The molecule has 1 heterocycles. The molecule has 0 bridgehead atoms. The van der Waals surface area contributed by atoms with E-state index >= 15 is 0 Å². The molecule has 0 spiro atoms. The summed E-state index contributed by atoms with van der Waals surface area (Å²) in [5.74, 6) is -1.82. The maximum Gasteiger partial charge on any atom is 0.411 e. The summed E-state index contributed by atoms with van der Waals surface area (Å²) in [6.07, 6.45) is -0.154. The van der Waals surface area contributed by atoms with E-state index in [9.17, 15) is 18.4 Å². The highest BCUT2D eigenvalue weighted by Crippen LogP contribution is 2.39. The first-order valence-corrected chi connectivity index (χ1v) is 8.27. The van der Waals surface area contributed by atoms with Crippen molar-refractivity contribution in [3.05, 3.63) is 35.4 Å². The van der Waals surface area contributed by atoms with Crippen molar-refractivity contribution in [3.63, 3.8) is 0 Å². The highest BCUT2D eigenvalue weighted by Gasteiger charge is 2.45. The minimum absolute atomic E-state index is 0.0256. The fourth-order valence-corrected chi connectivity index (χ4v) is 2.93. The second-order valence-corrected chi connectivity index (χ2v) is 6.91. The number of amides is 1. The van der Waals surface area contributed by atoms with Gasteiger partial charge in [-0.3, -0.25) is 4.90 Å². The molecule has 1 amide bonds. The van der Waals surface area contributed by atoms with Gasteiger partial charge >= 0.3 is 12.1 Å². The largest absolute Gasteiger partial charge is 0.464 e. The Kier molecular flexibility index (Phi) is 5.65. The number of carbonyl (C=O) groups is 2. The molecule has 7 heteroatoms. The van der Waals surface area contributed by atoms with Crippen LogP contribution in [0, 0.1) is 11.6 Å². The van der Waals surface area contributed by atoms with Gasteiger partial charge in [0, 0.05) is 5.56 Å². The number of hydrogen-bond donors (Lipinski definition) is 0. The molecule has 1 aromatic rings. The van der Waals surface area contributed by atoms with E-state index in [-0.39, 0.29) is 12.2 Å². The first kappa shape index (κ1) is 19.1. The van der Waals surface area contributed by atoms with Gasteiger partial charge in [0.15, 0.2) is 0 Å². The topological polar surface area (TPSA) is 55.8 Å². The van der Waals surface area contributed by atoms with Crippen molar-refractivity contribution in [1.82, 2.24) is 4.90 Å². The standard InChI is InChI=1S/C18H23F2NO4/c1-5-24-16(22)15-9-8-14(12-10-11(19)6-7-13(12)20)21(15)17(23)25-18(2,3)4/h6-7,10,14-15H,5,8-9H2,1-4H3/t14-,15+/m0/s1. The van der Waals surface area contributed by atoms with Crippen LogP contribution >= 0.6 is 0 Å². The smallest absolute Gasteiger partial charge is 0.411 e. The third-order valence-corrected chi connectivity index (χ3v) is 3.87. The fraction of sp³-hybridized carbons (Fsp3) is 0.556. The van der Waals surface area contributed by atoms with E-state index in [2.05, 4.69) is 0 Å². The summed E-state index contributed by atoms with van der Waals surface area (Å²) in [6, 6.07) is 1.39. The van der Waals surface area contributed by atoms with Crippen molar-refractivity contribution in [3.8, 4) is 0 Å². The van der Waals surface area contributed by atoms with Crippen molar-refractivity contribution >= 4 is 12.1 Å². The summed E-state index contributed by atoms with van der Waals surface area (Å²) < 4.78 is 38.2. The second-order valence-electron chi connectivity index (χ2n) is 6.91. The maximum absolute atomic E-state index is 14.2. The number of nitrogens with zero attached hydrogens (tertiary/aromatic N) is 1. The van der Waals surface area contributed by atoms with Crippen LogP contribution < -0.4 is 0 Å². The third kappa shape index (κ3) is 4.46. The lowest BCUT2D eigenvalue weighted by molar-refractivity contribution is -0.148. The zero-order chi connectivity index (χ0) is 18.8. The van der Waals surface area contributed by atoms with Gasteiger partial charge in [-0.2, -0.15) is 0 Å². The Labute approximate surface area is 145 Å². The minimum Gasteiger partial charge on any atom is -0.464 e. The maximum atomic E-state index is 14.2. The monoisotopic (exact) mass is 355 g/mol. The second kappa shape index (κ2) is 7.37. The predicted octanol–water partition coefficient (Wildman–Crippen LogP) is 3.97. The van der Waals surface area contributed by atoms with Gasteiger partial charge < -0.3 is 9.47 Å². The molecule has 0 N–H and O–H groups in total. The van der Waals surface area contributed by atoms with E-state index in [0.29, 0.717) is 12.8 Å². The highest BCUT2D eigenvalue weighted by molar-refractivity contribution is 5.82. The Morgan fingerprint density at radius 3 is 2.52 bits per heavy atom. The summed E-state index contributed by atoms with van der Waals surface area (Å²) in [7, 11) is 0. The normalized spacial score (nSPS) is 20.5. The lowest BCUT2D eigenvalue weighted by Crippen LogP contribution is -2.45. The van der Waals surface area contributed by atoms with Crippen LogP contribution in [0.4, 0.5) is 13.6 Å². The van der Waals surface area contributed by atoms with Gasteiger partial charge in [0.25, 0.3) is 0 Å². The van der Waals surface area contributed by atoms with E-state index in [1.54, 1.807) is 27.7 Å². The van der Waals surface area contributed by atoms with Crippen LogP contribution in [0.1, 0.15) is 52.1 Å². The Balaban J connectivity index is 2.39. The van der Waals surface area contributed by atoms with Crippen LogP contribution in [0.2, 0.25) is 0 Å². The Bertz CT molecular complexity index is 657. The number of hydrogen-bond acceptors (Lipinski definition) is 4. The summed E-state index contributed by atoms with van der Waals surface area (Å²) in [4.78, 5) is 26.0. The lowest BCUT2D eigenvalue weighted by atomic mass is 10.0. The highest BCUT2D eigenvalue weighted by atomic mass is 19.1. The van der Waals surface area contributed by atoms with Gasteiger partial charge in [-0.1, -0.05) is 0 Å². The van der Waals surface area contributed by atoms with E-state index in [1.807, 2.05) is 0 Å². The molecule has 1 aliphatic heterocycles. The molecule has 25 heavy (non-hydrogen) atoms. The van der Waals surface area contributed by atoms with Crippen molar-refractivity contribution in [2.75, 3.05) is 6.61 Å². The number of benzene rings is 1. The van der Waals surface area contributed by atoms with Crippen LogP contribution in [0.15, 0.2) is 18.2 Å². The molecule has 0 aromatic heterocycles. The number of carbonyl (C=O) groups excluding carboxylic acids is 2. The first-order valence-electron chi connectivity index (χ1n) is 8.27. The minimum atomic E-state index is -0.887. The van der Waals surface area contributed by atoms with E-state index in [4.69, 9.17) is 9.47 Å². The molecule has 1 aliphatic rings. The van der Waals surface area contributed by atoms with Crippen LogP contribution in [-0.4, -0.2) is 35.2 Å². The molecule has 0 aliphatic carbocycles. The zero-order valence-corrected chi connectivity index (χ0v) is 14.8. The van der Waals surface area contributed by atoms with Crippen LogP contribution in [0.25, 0.3) is 0 Å². The van der Waals surface area contributed by atoms with Crippen molar-refractivity contribution < 1.29 is 27.8 Å². The Morgan fingerprint density at radius 1 is 1.24 bits per heavy atom. The molecule has 5 nitrogen and oxygen atoms in total. The fourth-order valence-electron chi connectivity index (χ4n) is 2.93. The molecule has 0 radical (unpaired) electrons. The number of esters is 1. The number of halogens is 2. The Morgan fingerprint density at radius 2 is 1.92 bits per heavy atom. The molecular formula is C18H23F2NO4. The molecule has 1 fully saturated rings. The summed E-state index contributed by atoms with van der Waals surface area (Å²) in [5, 5.41) is 0. The molecule has 0 unspecified atom stereocenters. The van der Waals surface area contributed by atoms with Gasteiger partial charge in [-0.25, -0.2) is 18.4 Å². The summed E-state index contributed by atoms with van der Waals surface area (Å²) >= 11 is 0. The molecule has 1 aromatic carbocycles. The number of rotatable bonds is 3. The molecule has 138 valence electrons. The molecule has 0 saturated carbocycles. The average molecular weight is 355 g/mol. The summed E-state index contributed by atoms with van der Waals surface area (Å²) in [5.41, 5.74) is -0.762. The van der Waals surface area contributed by atoms with Gasteiger partial charge in [-0.15, -0.1) is 0 Å². The molecular weight excluding hydrogens is 332 g/mol. The van der Waals surface area contributed by atoms with E-state index in [0.717, 1.165) is 18.2 Å². The average Bonchev–Trinajstić information content (AvgIpc) is 2.93. The molecule has 2 rings (SSSR count). The number of ether oxygens (including phenoxy) is 2. The van der Waals surface area contributed by atoms with Crippen LogP contribution in [-0.2, 0) is 14.3 Å². The van der Waals surface area contributed by atoms with Crippen LogP contribution in [0.3, 0.4) is 0 Å². The van der Waals surface area contributed by atoms with Crippen LogP contribution in [0.5, 0.6) is 0 Å². The Hall–Kier alpha value is -2.18. The van der Waals surface area contributed by atoms with Crippen molar-refractivity contribution in [1.29, 1.82) is 0 Å². The van der Waals surface area contributed by atoms with Gasteiger partial charge in [0.2, 0.25) is 0 Å². The number of likely N-dealkylation sites (tertiary alicyclic amines) is 1. The van der Waals surface area contributed by atoms with E-state index in [1.165, 1.54) is 4.90 Å². The first-order chi connectivity index (χ1) is 11.6. The molecule has 1 saturated heterocycles. The summed E-state index contributed by atoms with van der Waals surface area (Å²) in [6.45, 7) is 6.90. The van der Waals surface area contributed by atoms with Crippen molar-refractivity contribution in [2.45, 2.75) is 58.2 Å². The van der Waals surface area contributed by atoms with Gasteiger partial charge in [0.1, 0.15) is 23.3 Å². The van der Waals surface area contributed by atoms with Crippen molar-refractivity contribution in [2.24, 2.45) is 0 Å². The lowest BCUT2D eigenvalue weighted by Gasteiger charge is -2.32. The van der Waals surface area contributed by atoms with Gasteiger partial charge in [0.05, 0.1) is 12.6 Å². The predicted molar refractivity (Wildman–Crippen MR) is 86.8 cm³/mol. The third-order valence-electron chi connectivity index (χ3n) is 3.87.